The largest absolute Gasteiger partial charge is 0.488 e. The van der Waals surface area contributed by atoms with E-state index in [1.165, 1.54) is 5.56 Å². The van der Waals surface area contributed by atoms with Gasteiger partial charge in [0.1, 0.15) is 12.4 Å². The molecule has 0 aliphatic carbocycles. The molecule has 0 saturated heterocycles. The molecule has 0 spiro atoms. The molecule has 0 bridgehead atoms. The van der Waals surface area contributed by atoms with Crippen molar-refractivity contribution in [3.8, 4) is 5.75 Å². The summed E-state index contributed by atoms with van der Waals surface area (Å²) in [6.07, 6.45) is 3.30. The average Bonchev–Trinajstić information content (AvgIpc) is 2.73. The van der Waals surface area contributed by atoms with E-state index in [1.807, 2.05) is 91.8 Å². The number of carbonyl (C=O) groups is 1. The number of anilines is 2. The molecule has 3 aromatic rings. The van der Waals surface area contributed by atoms with Gasteiger partial charge in [0.05, 0.1) is 5.56 Å². The van der Waals surface area contributed by atoms with E-state index in [0.29, 0.717) is 17.9 Å². The van der Waals surface area contributed by atoms with Gasteiger partial charge in [-0.3, -0.25) is 4.79 Å². The van der Waals surface area contributed by atoms with E-state index < -0.39 is 0 Å². The first-order valence-corrected chi connectivity index (χ1v) is 9.55. The van der Waals surface area contributed by atoms with Crippen molar-refractivity contribution in [1.29, 1.82) is 0 Å². The fourth-order valence-corrected chi connectivity index (χ4v) is 2.77. The molecule has 0 unspecified atom stereocenters. The molecule has 29 heavy (non-hydrogen) atoms. The Balaban J connectivity index is 1.85. The molecule has 0 aromatic heterocycles. The molecule has 0 aliphatic rings. The molecule has 148 valence electrons. The van der Waals surface area contributed by atoms with Crippen LogP contribution in [0.1, 0.15) is 21.5 Å². The fourth-order valence-electron chi connectivity index (χ4n) is 2.77. The number of hydrogen-bond donors (Lipinski definition) is 1. The van der Waals surface area contributed by atoms with Gasteiger partial charge in [-0.15, -0.1) is 0 Å². The van der Waals surface area contributed by atoms with Crippen molar-refractivity contribution in [1.82, 2.24) is 4.90 Å². The van der Waals surface area contributed by atoms with Crippen LogP contribution in [0.25, 0.3) is 0 Å². The molecule has 3 aromatic carbocycles. The van der Waals surface area contributed by atoms with Crippen molar-refractivity contribution >= 4 is 17.2 Å². The van der Waals surface area contributed by atoms with Crippen molar-refractivity contribution in [2.75, 3.05) is 19.4 Å². The summed E-state index contributed by atoms with van der Waals surface area (Å²) in [6, 6.07) is 23.6. The maximum absolute atomic E-state index is 12.8. The first kappa shape index (κ1) is 20.2. The van der Waals surface area contributed by atoms with Crippen molar-refractivity contribution in [3.63, 3.8) is 0 Å². The lowest BCUT2D eigenvalue weighted by atomic mass is 10.1. The number of carbonyl (C=O) groups excluding carboxylic acids is 1. The molecule has 0 amide bonds. The summed E-state index contributed by atoms with van der Waals surface area (Å²) in [4.78, 5) is 14.6. The number of rotatable bonds is 8. The number of nitrogens with one attached hydrogen (secondary N) is 1. The van der Waals surface area contributed by atoms with E-state index in [0.717, 1.165) is 16.9 Å². The predicted octanol–water partition coefficient (Wildman–Crippen LogP) is 5.58. The zero-order valence-corrected chi connectivity index (χ0v) is 17.1. The predicted molar refractivity (Wildman–Crippen MR) is 119 cm³/mol. The number of ketones is 1. The van der Waals surface area contributed by atoms with E-state index in [9.17, 15) is 4.79 Å². The number of allylic oxidation sites excluding steroid dienone is 1. The van der Waals surface area contributed by atoms with Gasteiger partial charge in [0.2, 0.25) is 0 Å². The Morgan fingerprint density at radius 1 is 0.966 bits per heavy atom. The molecule has 0 fully saturated rings. The van der Waals surface area contributed by atoms with Crippen LogP contribution in [0.15, 0.2) is 85.1 Å². The van der Waals surface area contributed by atoms with Gasteiger partial charge in [0, 0.05) is 37.7 Å². The Morgan fingerprint density at radius 2 is 1.66 bits per heavy atom. The molecular weight excluding hydrogens is 360 g/mol. The molecule has 4 heteroatoms. The van der Waals surface area contributed by atoms with Crippen LogP contribution in [0.5, 0.6) is 5.75 Å². The van der Waals surface area contributed by atoms with Crippen LogP contribution in [0, 0.1) is 6.92 Å². The van der Waals surface area contributed by atoms with Crippen molar-refractivity contribution in [3.05, 3.63) is 102 Å². The summed E-state index contributed by atoms with van der Waals surface area (Å²) in [5, 5.41) is 3.35. The first-order valence-electron chi connectivity index (χ1n) is 9.55. The topological polar surface area (TPSA) is 41.6 Å². The Hall–Kier alpha value is -3.53. The fraction of sp³-hybridized carbons (Fsp3) is 0.160. The second-order valence-corrected chi connectivity index (χ2v) is 7.12. The molecule has 1 N–H and O–H groups in total. The quantitative estimate of drug-likeness (QED) is 0.406. The van der Waals surface area contributed by atoms with Crippen molar-refractivity contribution in [2.24, 2.45) is 0 Å². The summed E-state index contributed by atoms with van der Waals surface area (Å²) in [6.45, 7) is 2.46. The van der Waals surface area contributed by atoms with Gasteiger partial charge in [-0.05, 0) is 42.8 Å². The minimum atomic E-state index is -0.102. The van der Waals surface area contributed by atoms with Crippen LogP contribution in [0.3, 0.4) is 0 Å². The Labute approximate surface area is 172 Å². The van der Waals surface area contributed by atoms with Gasteiger partial charge in [0.25, 0.3) is 0 Å². The minimum absolute atomic E-state index is 0.102. The summed E-state index contributed by atoms with van der Waals surface area (Å²) in [5.74, 6) is 0.464. The van der Waals surface area contributed by atoms with Crippen LogP contribution < -0.4 is 10.1 Å². The van der Waals surface area contributed by atoms with Gasteiger partial charge >= 0.3 is 0 Å². The Morgan fingerprint density at radius 3 is 2.34 bits per heavy atom. The summed E-state index contributed by atoms with van der Waals surface area (Å²) in [5.41, 5.74) is 4.58. The lowest BCUT2D eigenvalue weighted by molar-refractivity contribution is 0.104. The minimum Gasteiger partial charge on any atom is -0.488 e. The van der Waals surface area contributed by atoms with E-state index >= 15 is 0 Å². The van der Waals surface area contributed by atoms with Crippen LogP contribution in [-0.4, -0.2) is 24.8 Å². The molecule has 0 aliphatic heterocycles. The Bertz CT molecular complexity index is 977. The van der Waals surface area contributed by atoms with Crippen molar-refractivity contribution < 1.29 is 9.53 Å². The molecule has 0 saturated carbocycles. The Kier molecular flexibility index (Phi) is 6.69. The third-order valence-corrected chi connectivity index (χ3v) is 4.35. The van der Waals surface area contributed by atoms with Gasteiger partial charge in [-0.2, -0.15) is 0 Å². The summed E-state index contributed by atoms with van der Waals surface area (Å²) < 4.78 is 5.98. The molecule has 0 radical (unpaired) electrons. The first-order chi connectivity index (χ1) is 14.0. The highest BCUT2D eigenvalue weighted by Crippen LogP contribution is 2.27. The molecule has 4 nitrogen and oxygen atoms in total. The van der Waals surface area contributed by atoms with Crippen molar-refractivity contribution in [2.45, 2.75) is 13.5 Å². The number of hydrogen-bond acceptors (Lipinski definition) is 4. The van der Waals surface area contributed by atoms with E-state index in [1.54, 1.807) is 12.3 Å². The monoisotopic (exact) mass is 386 g/mol. The summed E-state index contributed by atoms with van der Waals surface area (Å²) >= 11 is 0. The number of nitrogens with zero attached hydrogens (tertiary/aromatic N) is 1. The third kappa shape index (κ3) is 5.98. The molecule has 3 rings (SSSR count). The van der Waals surface area contributed by atoms with Gasteiger partial charge in [-0.1, -0.05) is 48.0 Å². The van der Waals surface area contributed by atoms with Gasteiger partial charge < -0.3 is 15.0 Å². The zero-order valence-electron chi connectivity index (χ0n) is 17.1. The standard InChI is InChI=1S/C25H26N2O2/c1-19-9-11-21(12-10-19)26-22-13-14-25(29-18-20-7-5-4-6-8-20)23(17-22)24(28)15-16-27(2)3/h4-17,26H,18H2,1-3H3. The third-order valence-electron chi connectivity index (χ3n) is 4.35. The summed E-state index contributed by atoms with van der Waals surface area (Å²) in [7, 11) is 3.76. The van der Waals surface area contributed by atoms with E-state index in [4.69, 9.17) is 4.74 Å². The van der Waals surface area contributed by atoms with Crippen LogP contribution in [0.4, 0.5) is 11.4 Å². The van der Waals surface area contributed by atoms with Crippen LogP contribution in [-0.2, 0) is 6.61 Å². The number of aryl methyl sites for hydroxylation is 1. The van der Waals surface area contributed by atoms with Crippen LogP contribution >= 0.6 is 0 Å². The van der Waals surface area contributed by atoms with Crippen LogP contribution in [0.2, 0.25) is 0 Å². The number of benzene rings is 3. The average molecular weight is 386 g/mol. The molecule has 0 heterocycles. The zero-order chi connectivity index (χ0) is 20.6. The smallest absolute Gasteiger partial charge is 0.191 e. The lowest BCUT2D eigenvalue weighted by Gasteiger charge is -2.13. The highest BCUT2D eigenvalue weighted by molar-refractivity contribution is 6.07. The maximum Gasteiger partial charge on any atom is 0.191 e. The maximum atomic E-state index is 12.8. The second-order valence-electron chi connectivity index (χ2n) is 7.12. The normalized spacial score (nSPS) is 10.7. The SMILES string of the molecule is Cc1ccc(Nc2ccc(OCc3ccccc3)c(C(=O)C=CN(C)C)c2)cc1. The van der Waals surface area contributed by atoms with E-state index in [2.05, 4.69) is 12.2 Å². The van der Waals surface area contributed by atoms with Gasteiger partial charge in [0.15, 0.2) is 5.78 Å². The molecular formula is C25H26N2O2. The lowest BCUT2D eigenvalue weighted by Crippen LogP contribution is -2.06. The molecule has 0 atom stereocenters. The highest BCUT2D eigenvalue weighted by atomic mass is 16.5. The van der Waals surface area contributed by atoms with E-state index in [-0.39, 0.29) is 5.78 Å². The van der Waals surface area contributed by atoms with Gasteiger partial charge in [-0.25, -0.2) is 0 Å². The highest BCUT2D eigenvalue weighted by Gasteiger charge is 2.12. The number of ether oxygens (including phenoxy) is 1. The second kappa shape index (κ2) is 9.60.